The van der Waals surface area contributed by atoms with E-state index in [1.807, 2.05) is 13.8 Å². The van der Waals surface area contributed by atoms with Crippen molar-refractivity contribution in [3.05, 3.63) is 34.6 Å². The zero-order chi connectivity index (χ0) is 12.6. The van der Waals surface area contributed by atoms with Crippen molar-refractivity contribution in [1.82, 2.24) is 0 Å². The molecule has 0 spiro atoms. The monoisotopic (exact) mass is 300 g/mol. The molecule has 1 aliphatic heterocycles. The van der Waals surface area contributed by atoms with Crippen LogP contribution in [-0.2, 0) is 4.74 Å². The summed E-state index contributed by atoms with van der Waals surface area (Å²) in [5, 5.41) is 0. The van der Waals surface area contributed by atoms with Crippen molar-refractivity contribution in [2.75, 3.05) is 6.61 Å². The van der Waals surface area contributed by atoms with Crippen molar-refractivity contribution >= 4 is 15.9 Å². The Morgan fingerprint density at radius 3 is 2.41 bits per heavy atom. The van der Waals surface area contributed by atoms with Crippen molar-refractivity contribution in [3.8, 4) is 0 Å². The Kier molecular flexibility index (Phi) is 3.60. The predicted molar refractivity (Wildman–Crippen MR) is 71.1 cm³/mol. The molecule has 1 aliphatic rings. The number of hydrogen-bond donors (Lipinski definition) is 0. The molecule has 1 saturated heterocycles. The minimum atomic E-state index is -0.173. The highest BCUT2D eigenvalue weighted by Crippen LogP contribution is 2.45. The zero-order valence-electron chi connectivity index (χ0n) is 10.5. The summed E-state index contributed by atoms with van der Waals surface area (Å²) in [4.78, 5) is 0.123. The molecule has 94 valence electrons. The predicted octanol–water partition coefficient (Wildman–Crippen LogP) is 4.45. The molecule has 1 aromatic rings. The van der Waals surface area contributed by atoms with Gasteiger partial charge in [-0.2, -0.15) is 0 Å². The molecule has 2 atom stereocenters. The number of benzene rings is 1. The molecule has 3 heteroatoms. The maximum atomic E-state index is 13.3. The Labute approximate surface area is 110 Å². The minimum Gasteiger partial charge on any atom is -0.374 e. The summed E-state index contributed by atoms with van der Waals surface area (Å²) in [6, 6.07) is 3.18. The number of aryl methyl sites for hydroxylation is 2. The van der Waals surface area contributed by atoms with E-state index in [0.717, 1.165) is 36.1 Å². The molecule has 0 radical (unpaired) electrons. The quantitative estimate of drug-likeness (QED) is 0.733. The fourth-order valence-electron chi connectivity index (χ4n) is 2.63. The van der Waals surface area contributed by atoms with E-state index < -0.39 is 0 Å². The normalized spacial score (nSPS) is 26.2. The van der Waals surface area contributed by atoms with Gasteiger partial charge in [-0.3, -0.25) is 0 Å². The molecule has 0 N–H and O–H groups in total. The highest BCUT2D eigenvalue weighted by molar-refractivity contribution is 9.09. The first-order chi connectivity index (χ1) is 7.94. The van der Waals surface area contributed by atoms with Gasteiger partial charge in [0.15, 0.2) is 0 Å². The molecule has 1 aromatic carbocycles. The molecular weight excluding hydrogens is 283 g/mol. The summed E-state index contributed by atoms with van der Waals surface area (Å²) in [6.07, 6.45) is 2.14. The van der Waals surface area contributed by atoms with E-state index in [4.69, 9.17) is 4.74 Å². The third-order valence-corrected chi connectivity index (χ3v) is 5.02. The summed E-state index contributed by atoms with van der Waals surface area (Å²) < 4.78 is 19.2. The van der Waals surface area contributed by atoms with Crippen LogP contribution in [-0.4, -0.2) is 12.2 Å². The van der Waals surface area contributed by atoms with E-state index in [0.29, 0.717) is 0 Å². The molecule has 2 unspecified atom stereocenters. The Balaban J connectivity index is 2.40. The summed E-state index contributed by atoms with van der Waals surface area (Å²) >= 11 is 3.75. The average Bonchev–Trinajstić information content (AvgIpc) is 2.64. The van der Waals surface area contributed by atoms with Gasteiger partial charge >= 0.3 is 0 Å². The fourth-order valence-corrected chi connectivity index (χ4v) is 3.71. The van der Waals surface area contributed by atoms with Crippen LogP contribution in [0.15, 0.2) is 12.1 Å². The van der Waals surface area contributed by atoms with Gasteiger partial charge in [0.25, 0.3) is 0 Å². The van der Waals surface area contributed by atoms with E-state index in [1.54, 1.807) is 12.1 Å². The first-order valence-electron chi connectivity index (χ1n) is 5.99. The topological polar surface area (TPSA) is 9.23 Å². The van der Waals surface area contributed by atoms with Crippen LogP contribution >= 0.6 is 15.9 Å². The molecule has 1 heterocycles. The molecule has 0 bridgehead atoms. The number of halogens is 2. The number of alkyl halides is 1. The van der Waals surface area contributed by atoms with Gasteiger partial charge in [-0.15, -0.1) is 0 Å². The van der Waals surface area contributed by atoms with E-state index in [-0.39, 0.29) is 16.2 Å². The minimum absolute atomic E-state index is 0.123. The van der Waals surface area contributed by atoms with Gasteiger partial charge in [-0.25, -0.2) is 4.39 Å². The molecule has 0 aromatic heterocycles. The summed E-state index contributed by atoms with van der Waals surface area (Å²) in [5.74, 6) is -0.166. The van der Waals surface area contributed by atoms with Gasteiger partial charge in [0.05, 0.1) is 10.4 Å². The van der Waals surface area contributed by atoms with Crippen LogP contribution in [0.2, 0.25) is 0 Å². The second kappa shape index (κ2) is 4.69. The SMILES string of the molecule is Cc1cc(F)cc(C)c1C(Br)C1(C)CCCO1. The van der Waals surface area contributed by atoms with Crippen LogP contribution in [0.25, 0.3) is 0 Å². The summed E-state index contributed by atoms with van der Waals surface area (Å²) in [7, 11) is 0. The maximum Gasteiger partial charge on any atom is 0.123 e. The van der Waals surface area contributed by atoms with Crippen molar-refractivity contribution in [3.63, 3.8) is 0 Å². The van der Waals surface area contributed by atoms with Crippen molar-refractivity contribution in [2.24, 2.45) is 0 Å². The van der Waals surface area contributed by atoms with Crippen LogP contribution in [0.3, 0.4) is 0 Å². The van der Waals surface area contributed by atoms with E-state index >= 15 is 0 Å². The molecule has 17 heavy (non-hydrogen) atoms. The first-order valence-corrected chi connectivity index (χ1v) is 6.90. The molecular formula is C14H18BrFO. The number of rotatable bonds is 2. The lowest BCUT2D eigenvalue weighted by atomic mass is 9.88. The Morgan fingerprint density at radius 1 is 1.35 bits per heavy atom. The van der Waals surface area contributed by atoms with E-state index in [1.165, 1.54) is 0 Å². The Morgan fingerprint density at radius 2 is 1.94 bits per heavy atom. The van der Waals surface area contributed by atoms with Crippen LogP contribution in [0, 0.1) is 19.7 Å². The second-order valence-corrected chi connectivity index (χ2v) is 6.00. The maximum absolute atomic E-state index is 13.3. The second-order valence-electron chi connectivity index (χ2n) is 5.08. The lowest BCUT2D eigenvalue weighted by Gasteiger charge is -2.31. The lowest BCUT2D eigenvalue weighted by Crippen LogP contribution is -2.29. The van der Waals surface area contributed by atoms with E-state index in [9.17, 15) is 4.39 Å². The van der Waals surface area contributed by atoms with Crippen LogP contribution in [0.5, 0.6) is 0 Å². The highest BCUT2D eigenvalue weighted by atomic mass is 79.9. The summed E-state index contributed by atoms with van der Waals surface area (Å²) in [5.41, 5.74) is 2.96. The highest BCUT2D eigenvalue weighted by Gasteiger charge is 2.39. The largest absolute Gasteiger partial charge is 0.374 e. The molecule has 0 saturated carbocycles. The van der Waals surface area contributed by atoms with Crippen LogP contribution in [0.4, 0.5) is 4.39 Å². The van der Waals surface area contributed by atoms with E-state index in [2.05, 4.69) is 22.9 Å². The lowest BCUT2D eigenvalue weighted by molar-refractivity contribution is 0.0195. The van der Waals surface area contributed by atoms with Crippen LogP contribution < -0.4 is 0 Å². The number of hydrogen-bond acceptors (Lipinski definition) is 1. The number of ether oxygens (including phenoxy) is 1. The van der Waals surface area contributed by atoms with Crippen molar-refractivity contribution in [1.29, 1.82) is 0 Å². The van der Waals surface area contributed by atoms with Gasteiger partial charge in [0, 0.05) is 6.61 Å². The van der Waals surface area contributed by atoms with Crippen molar-refractivity contribution in [2.45, 2.75) is 44.0 Å². The van der Waals surface area contributed by atoms with Crippen molar-refractivity contribution < 1.29 is 9.13 Å². The summed E-state index contributed by atoms with van der Waals surface area (Å²) in [6.45, 7) is 6.86. The standard InChI is InChI=1S/C14H18BrFO/c1-9-7-11(16)8-10(2)12(9)13(15)14(3)5-4-6-17-14/h7-8,13H,4-6H2,1-3H3. The van der Waals surface area contributed by atoms with Gasteiger partial charge in [-0.05, 0) is 62.4 Å². The third-order valence-electron chi connectivity index (χ3n) is 3.60. The molecule has 1 nitrogen and oxygen atoms in total. The average molecular weight is 301 g/mol. The first kappa shape index (κ1) is 13.0. The van der Waals surface area contributed by atoms with Gasteiger partial charge in [0.2, 0.25) is 0 Å². The third kappa shape index (κ3) is 2.41. The van der Waals surface area contributed by atoms with Gasteiger partial charge < -0.3 is 4.74 Å². The fraction of sp³-hybridized carbons (Fsp3) is 0.571. The molecule has 0 amide bonds. The zero-order valence-corrected chi connectivity index (χ0v) is 12.1. The van der Waals surface area contributed by atoms with Crippen LogP contribution in [0.1, 0.15) is 41.3 Å². The molecule has 2 rings (SSSR count). The molecule has 1 fully saturated rings. The smallest absolute Gasteiger partial charge is 0.123 e. The van der Waals surface area contributed by atoms with Gasteiger partial charge in [0.1, 0.15) is 5.82 Å². The Hall–Kier alpha value is -0.410. The molecule has 0 aliphatic carbocycles. The van der Waals surface area contributed by atoms with Gasteiger partial charge in [-0.1, -0.05) is 15.9 Å². The Bertz CT molecular complexity index is 401.